The molecule has 0 amide bonds. The second kappa shape index (κ2) is 6.01. The normalized spacial score (nSPS) is 21.9. The number of carboxylic acid groups (broad SMARTS) is 1. The summed E-state index contributed by atoms with van der Waals surface area (Å²) in [7, 11) is 0. The molecule has 3 nitrogen and oxygen atoms in total. The SMILES string of the molecule is CCC(CN1CCC(C(=O)O)C1)c1ccccc1. The van der Waals surface area contributed by atoms with Crippen molar-refractivity contribution >= 4 is 5.97 Å². The van der Waals surface area contributed by atoms with E-state index in [1.165, 1.54) is 5.56 Å². The molecule has 98 valence electrons. The Morgan fingerprint density at radius 3 is 2.72 bits per heavy atom. The number of aliphatic carboxylic acids is 1. The highest BCUT2D eigenvalue weighted by Crippen LogP contribution is 2.24. The Bertz CT molecular complexity index is 391. The summed E-state index contributed by atoms with van der Waals surface area (Å²) in [5, 5.41) is 9.01. The molecule has 1 heterocycles. The van der Waals surface area contributed by atoms with Crippen molar-refractivity contribution in [2.75, 3.05) is 19.6 Å². The van der Waals surface area contributed by atoms with Gasteiger partial charge in [-0.3, -0.25) is 4.79 Å². The van der Waals surface area contributed by atoms with E-state index in [0.717, 1.165) is 25.9 Å². The molecule has 2 rings (SSSR count). The summed E-state index contributed by atoms with van der Waals surface area (Å²) in [5.74, 6) is -0.303. The van der Waals surface area contributed by atoms with Gasteiger partial charge in [-0.05, 0) is 30.9 Å². The van der Waals surface area contributed by atoms with Crippen LogP contribution in [-0.4, -0.2) is 35.6 Å². The molecule has 1 aromatic carbocycles. The average Bonchev–Trinajstić information content (AvgIpc) is 2.86. The summed E-state index contributed by atoms with van der Waals surface area (Å²) in [6.07, 6.45) is 1.89. The van der Waals surface area contributed by atoms with Gasteiger partial charge in [-0.1, -0.05) is 37.3 Å². The third-order valence-corrected chi connectivity index (χ3v) is 3.86. The molecule has 2 atom stereocenters. The first kappa shape index (κ1) is 13.1. The van der Waals surface area contributed by atoms with E-state index in [9.17, 15) is 4.79 Å². The second-order valence-corrected chi connectivity index (χ2v) is 5.10. The third kappa shape index (κ3) is 3.10. The van der Waals surface area contributed by atoms with E-state index in [1.807, 2.05) is 6.07 Å². The lowest BCUT2D eigenvalue weighted by Gasteiger charge is -2.23. The van der Waals surface area contributed by atoms with Crippen LogP contribution in [0.3, 0.4) is 0 Å². The molecule has 1 saturated heterocycles. The highest BCUT2D eigenvalue weighted by Gasteiger charge is 2.29. The van der Waals surface area contributed by atoms with Gasteiger partial charge in [-0.25, -0.2) is 0 Å². The van der Waals surface area contributed by atoms with Gasteiger partial charge in [-0.15, -0.1) is 0 Å². The van der Waals surface area contributed by atoms with E-state index in [4.69, 9.17) is 5.11 Å². The zero-order chi connectivity index (χ0) is 13.0. The van der Waals surface area contributed by atoms with Crippen LogP contribution < -0.4 is 0 Å². The molecule has 1 N–H and O–H groups in total. The number of carboxylic acids is 1. The van der Waals surface area contributed by atoms with Gasteiger partial charge in [0.25, 0.3) is 0 Å². The molecule has 0 aliphatic carbocycles. The molecule has 0 bridgehead atoms. The van der Waals surface area contributed by atoms with Crippen molar-refractivity contribution in [1.29, 1.82) is 0 Å². The van der Waals surface area contributed by atoms with Crippen LogP contribution in [0.1, 0.15) is 31.2 Å². The van der Waals surface area contributed by atoms with Gasteiger partial charge in [0.05, 0.1) is 5.92 Å². The Kier molecular flexibility index (Phi) is 4.37. The van der Waals surface area contributed by atoms with Crippen LogP contribution in [0.15, 0.2) is 30.3 Å². The summed E-state index contributed by atoms with van der Waals surface area (Å²) in [5.41, 5.74) is 1.36. The monoisotopic (exact) mass is 247 g/mol. The maximum absolute atomic E-state index is 10.9. The Morgan fingerprint density at radius 1 is 1.44 bits per heavy atom. The zero-order valence-corrected chi connectivity index (χ0v) is 10.9. The smallest absolute Gasteiger partial charge is 0.307 e. The third-order valence-electron chi connectivity index (χ3n) is 3.86. The van der Waals surface area contributed by atoms with Crippen molar-refractivity contribution in [3.05, 3.63) is 35.9 Å². The van der Waals surface area contributed by atoms with Crippen LogP contribution in [0.4, 0.5) is 0 Å². The summed E-state index contributed by atoms with van der Waals surface area (Å²) in [6.45, 7) is 4.80. The van der Waals surface area contributed by atoms with E-state index in [1.54, 1.807) is 0 Å². The Labute approximate surface area is 108 Å². The first-order valence-electron chi connectivity index (χ1n) is 6.70. The molecule has 1 aliphatic heterocycles. The van der Waals surface area contributed by atoms with Gasteiger partial charge in [0.1, 0.15) is 0 Å². The summed E-state index contributed by atoms with van der Waals surface area (Å²) >= 11 is 0. The molecule has 1 fully saturated rings. The highest BCUT2D eigenvalue weighted by atomic mass is 16.4. The van der Waals surface area contributed by atoms with E-state index in [-0.39, 0.29) is 5.92 Å². The predicted octanol–water partition coefficient (Wildman–Crippen LogP) is 2.59. The average molecular weight is 247 g/mol. The number of hydrogen-bond donors (Lipinski definition) is 1. The molecule has 3 heteroatoms. The van der Waals surface area contributed by atoms with Crippen molar-refractivity contribution in [2.45, 2.75) is 25.7 Å². The highest BCUT2D eigenvalue weighted by molar-refractivity contribution is 5.70. The topological polar surface area (TPSA) is 40.5 Å². The van der Waals surface area contributed by atoms with Gasteiger partial charge >= 0.3 is 5.97 Å². The molecule has 0 radical (unpaired) electrons. The lowest BCUT2D eigenvalue weighted by atomic mass is 9.96. The predicted molar refractivity (Wildman–Crippen MR) is 71.7 cm³/mol. The van der Waals surface area contributed by atoms with Crippen molar-refractivity contribution in [1.82, 2.24) is 4.90 Å². The Balaban J connectivity index is 1.94. The van der Waals surface area contributed by atoms with Crippen LogP contribution in [0.5, 0.6) is 0 Å². The second-order valence-electron chi connectivity index (χ2n) is 5.10. The van der Waals surface area contributed by atoms with Gasteiger partial charge in [0, 0.05) is 13.1 Å². The van der Waals surface area contributed by atoms with E-state index in [0.29, 0.717) is 12.5 Å². The van der Waals surface area contributed by atoms with Gasteiger partial charge in [0.2, 0.25) is 0 Å². The van der Waals surface area contributed by atoms with Crippen LogP contribution in [0.25, 0.3) is 0 Å². The van der Waals surface area contributed by atoms with Gasteiger partial charge in [-0.2, -0.15) is 0 Å². The number of carbonyl (C=O) groups is 1. The van der Waals surface area contributed by atoms with Crippen LogP contribution in [0.2, 0.25) is 0 Å². The fourth-order valence-electron chi connectivity index (χ4n) is 2.71. The van der Waals surface area contributed by atoms with Gasteiger partial charge < -0.3 is 10.0 Å². The molecular weight excluding hydrogens is 226 g/mol. The molecule has 0 saturated carbocycles. The molecule has 18 heavy (non-hydrogen) atoms. The molecule has 0 aromatic heterocycles. The first-order valence-corrected chi connectivity index (χ1v) is 6.70. The number of benzene rings is 1. The van der Waals surface area contributed by atoms with E-state index >= 15 is 0 Å². The van der Waals surface area contributed by atoms with E-state index in [2.05, 4.69) is 36.1 Å². The first-order chi connectivity index (χ1) is 8.70. The minimum atomic E-state index is -0.648. The van der Waals surface area contributed by atoms with Crippen molar-refractivity contribution in [2.24, 2.45) is 5.92 Å². The largest absolute Gasteiger partial charge is 0.481 e. The standard InChI is InChI=1S/C15H21NO2/c1-2-12(13-6-4-3-5-7-13)10-16-9-8-14(11-16)15(17)18/h3-7,12,14H,2,8-11H2,1H3,(H,17,18). The van der Waals surface area contributed by atoms with Crippen molar-refractivity contribution in [3.63, 3.8) is 0 Å². The minimum Gasteiger partial charge on any atom is -0.481 e. The number of hydrogen-bond acceptors (Lipinski definition) is 2. The van der Waals surface area contributed by atoms with Crippen LogP contribution in [-0.2, 0) is 4.79 Å². The quantitative estimate of drug-likeness (QED) is 0.869. The summed E-state index contributed by atoms with van der Waals surface area (Å²) in [6, 6.07) is 10.5. The Morgan fingerprint density at radius 2 is 2.17 bits per heavy atom. The van der Waals surface area contributed by atoms with Gasteiger partial charge in [0.15, 0.2) is 0 Å². The maximum Gasteiger partial charge on any atom is 0.307 e. The fourth-order valence-corrected chi connectivity index (χ4v) is 2.71. The Hall–Kier alpha value is -1.35. The van der Waals surface area contributed by atoms with Crippen LogP contribution in [0, 0.1) is 5.92 Å². The maximum atomic E-state index is 10.9. The molecule has 0 spiro atoms. The lowest BCUT2D eigenvalue weighted by molar-refractivity contribution is -0.141. The number of nitrogens with zero attached hydrogens (tertiary/aromatic N) is 1. The zero-order valence-electron chi connectivity index (χ0n) is 10.9. The molecule has 1 aromatic rings. The molecular formula is C15H21NO2. The van der Waals surface area contributed by atoms with Crippen LogP contribution >= 0.6 is 0 Å². The molecule has 2 unspecified atom stereocenters. The van der Waals surface area contributed by atoms with E-state index < -0.39 is 5.97 Å². The summed E-state index contributed by atoms with van der Waals surface area (Å²) in [4.78, 5) is 13.2. The minimum absolute atomic E-state index is 0.168. The number of likely N-dealkylation sites (tertiary alicyclic amines) is 1. The number of rotatable bonds is 5. The fraction of sp³-hybridized carbons (Fsp3) is 0.533. The van der Waals surface area contributed by atoms with Crippen molar-refractivity contribution < 1.29 is 9.90 Å². The molecule has 1 aliphatic rings. The van der Waals surface area contributed by atoms with Crippen molar-refractivity contribution in [3.8, 4) is 0 Å². The summed E-state index contributed by atoms with van der Waals surface area (Å²) < 4.78 is 0. The lowest BCUT2D eigenvalue weighted by Crippen LogP contribution is -2.27.